The van der Waals surface area contributed by atoms with E-state index >= 15 is 0 Å². The van der Waals surface area contributed by atoms with Crippen molar-refractivity contribution < 1.29 is 13.9 Å². The first-order valence-corrected chi connectivity index (χ1v) is 7.43. The van der Waals surface area contributed by atoms with Crippen molar-refractivity contribution in [2.45, 2.75) is 0 Å². The van der Waals surface area contributed by atoms with Crippen LogP contribution in [0.3, 0.4) is 0 Å². The molecule has 0 N–H and O–H groups in total. The topological polar surface area (TPSA) is 56.5 Å². The fraction of sp³-hybridized carbons (Fsp3) is 0.0588. The summed E-state index contributed by atoms with van der Waals surface area (Å²) in [6.45, 7) is -0.166. The molecule has 6 heteroatoms. The zero-order valence-corrected chi connectivity index (χ0v) is 13.2. The van der Waals surface area contributed by atoms with E-state index in [0.29, 0.717) is 26.9 Å². The Labute approximate surface area is 141 Å². The van der Waals surface area contributed by atoms with Crippen LogP contribution in [0.2, 0.25) is 10.0 Å². The lowest BCUT2D eigenvalue weighted by Crippen LogP contribution is -2.11. The predicted octanol–water partition coefficient (Wildman–Crippen LogP) is 4.36. The third kappa shape index (κ3) is 3.55. The molecule has 0 aliphatic heterocycles. The molecule has 3 aromatic rings. The Morgan fingerprint density at radius 3 is 2.57 bits per heavy atom. The molecule has 0 unspecified atom stereocenters. The van der Waals surface area contributed by atoms with Gasteiger partial charge in [0.05, 0.1) is 10.0 Å². The molecule has 0 saturated carbocycles. The Kier molecular flexibility index (Phi) is 4.37. The van der Waals surface area contributed by atoms with Crippen molar-refractivity contribution in [1.82, 2.24) is 0 Å². The SMILES string of the molecule is O=C(COc1ccc2ccc(=O)oc2c1)c1ccc(Cl)c(Cl)c1. The lowest BCUT2D eigenvalue weighted by molar-refractivity contribution is 0.0921. The molecule has 0 aliphatic carbocycles. The van der Waals surface area contributed by atoms with E-state index in [1.807, 2.05) is 0 Å². The molecule has 0 saturated heterocycles. The first-order valence-electron chi connectivity index (χ1n) is 6.68. The number of hydrogen-bond acceptors (Lipinski definition) is 4. The van der Waals surface area contributed by atoms with Crippen molar-refractivity contribution in [1.29, 1.82) is 0 Å². The van der Waals surface area contributed by atoms with Crippen molar-refractivity contribution in [2.75, 3.05) is 6.61 Å². The number of ketones is 1. The number of ether oxygens (including phenoxy) is 1. The smallest absolute Gasteiger partial charge is 0.336 e. The maximum Gasteiger partial charge on any atom is 0.336 e. The summed E-state index contributed by atoms with van der Waals surface area (Å²) in [6, 6.07) is 12.7. The molecular formula is C17H10Cl2O4. The van der Waals surface area contributed by atoms with Crippen LogP contribution in [-0.4, -0.2) is 12.4 Å². The van der Waals surface area contributed by atoms with E-state index in [-0.39, 0.29) is 12.4 Å². The van der Waals surface area contributed by atoms with Gasteiger partial charge in [-0.2, -0.15) is 0 Å². The first-order chi connectivity index (χ1) is 11.0. The zero-order chi connectivity index (χ0) is 16.4. The summed E-state index contributed by atoms with van der Waals surface area (Å²) < 4.78 is 10.5. The number of Topliss-reactive ketones (excluding diaryl/α,β-unsaturated/α-hetero) is 1. The van der Waals surface area contributed by atoms with Crippen molar-refractivity contribution in [2.24, 2.45) is 0 Å². The Morgan fingerprint density at radius 1 is 1.00 bits per heavy atom. The summed E-state index contributed by atoms with van der Waals surface area (Å²) in [5, 5.41) is 1.46. The van der Waals surface area contributed by atoms with Crippen LogP contribution in [0.15, 0.2) is 57.7 Å². The number of carbonyl (C=O) groups is 1. The molecule has 0 atom stereocenters. The van der Waals surface area contributed by atoms with E-state index in [1.54, 1.807) is 36.4 Å². The molecule has 0 spiro atoms. The fourth-order valence-corrected chi connectivity index (χ4v) is 2.33. The summed E-state index contributed by atoms with van der Waals surface area (Å²) in [4.78, 5) is 23.3. The highest BCUT2D eigenvalue weighted by Gasteiger charge is 2.10. The standard InChI is InChI=1S/C17H10Cl2O4/c18-13-5-2-11(7-14(13)19)15(20)9-22-12-4-1-10-3-6-17(21)23-16(10)8-12/h1-8H,9H2. The lowest BCUT2D eigenvalue weighted by Gasteiger charge is -2.07. The lowest BCUT2D eigenvalue weighted by atomic mass is 10.1. The van der Waals surface area contributed by atoms with Gasteiger partial charge < -0.3 is 9.15 Å². The second kappa shape index (κ2) is 6.44. The normalized spacial score (nSPS) is 10.7. The van der Waals surface area contributed by atoms with Gasteiger partial charge in [-0.1, -0.05) is 23.2 Å². The number of rotatable bonds is 4. The largest absolute Gasteiger partial charge is 0.485 e. The highest BCUT2D eigenvalue weighted by atomic mass is 35.5. The molecule has 1 aromatic heterocycles. The molecular weight excluding hydrogens is 339 g/mol. The van der Waals surface area contributed by atoms with Gasteiger partial charge in [0.15, 0.2) is 12.4 Å². The third-order valence-electron chi connectivity index (χ3n) is 3.21. The third-order valence-corrected chi connectivity index (χ3v) is 3.95. The number of benzene rings is 2. The summed E-state index contributed by atoms with van der Waals surface area (Å²) in [5.74, 6) is 0.193. The second-order valence-corrected chi connectivity index (χ2v) is 5.61. The molecule has 0 fully saturated rings. The number of hydrogen-bond donors (Lipinski definition) is 0. The summed E-state index contributed by atoms with van der Waals surface area (Å²) >= 11 is 11.7. The molecule has 0 amide bonds. The monoisotopic (exact) mass is 348 g/mol. The van der Waals surface area contributed by atoms with Gasteiger partial charge in [0, 0.05) is 23.1 Å². The average Bonchev–Trinajstić information content (AvgIpc) is 2.54. The van der Waals surface area contributed by atoms with E-state index < -0.39 is 5.63 Å². The maximum absolute atomic E-state index is 12.1. The van der Waals surface area contributed by atoms with Crippen molar-refractivity contribution in [3.05, 3.63) is 74.6 Å². The molecule has 0 radical (unpaired) electrons. The van der Waals surface area contributed by atoms with Crippen molar-refractivity contribution in [3.63, 3.8) is 0 Å². The van der Waals surface area contributed by atoms with E-state index in [9.17, 15) is 9.59 Å². The Bertz CT molecular complexity index is 947. The van der Waals surface area contributed by atoms with Gasteiger partial charge in [-0.15, -0.1) is 0 Å². The zero-order valence-electron chi connectivity index (χ0n) is 11.7. The summed E-state index contributed by atoms with van der Waals surface area (Å²) in [7, 11) is 0. The minimum atomic E-state index is -0.443. The van der Waals surface area contributed by atoms with Gasteiger partial charge in [0.1, 0.15) is 11.3 Å². The van der Waals surface area contributed by atoms with Gasteiger partial charge in [-0.3, -0.25) is 4.79 Å². The summed E-state index contributed by atoms with van der Waals surface area (Å²) in [6.07, 6.45) is 0. The van der Waals surface area contributed by atoms with Crippen LogP contribution in [0.5, 0.6) is 5.75 Å². The van der Waals surface area contributed by atoms with Crippen molar-refractivity contribution in [3.8, 4) is 5.75 Å². The molecule has 4 nitrogen and oxygen atoms in total. The van der Waals surface area contributed by atoms with Crippen LogP contribution in [0, 0.1) is 0 Å². The van der Waals surface area contributed by atoms with Crippen LogP contribution in [0.25, 0.3) is 11.0 Å². The predicted molar refractivity (Wildman–Crippen MR) is 88.8 cm³/mol. The molecule has 1 heterocycles. The van der Waals surface area contributed by atoms with E-state index in [2.05, 4.69) is 0 Å². The van der Waals surface area contributed by atoms with Crippen LogP contribution in [-0.2, 0) is 0 Å². The van der Waals surface area contributed by atoms with Gasteiger partial charge in [-0.25, -0.2) is 4.79 Å². The first kappa shape index (κ1) is 15.6. The Hall–Kier alpha value is -2.30. The summed E-state index contributed by atoms with van der Waals surface area (Å²) in [5.41, 5.74) is 0.366. The van der Waals surface area contributed by atoms with Crippen LogP contribution < -0.4 is 10.4 Å². The molecule has 116 valence electrons. The number of carbonyl (C=O) groups excluding carboxylic acids is 1. The molecule has 0 aliphatic rings. The van der Waals surface area contributed by atoms with E-state index in [1.165, 1.54) is 12.1 Å². The Balaban J connectivity index is 1.75. The van der Waals surface area contributed by atoms with Crippen LogP contribution in [0.1, 0.15) is 10.4 Å². The highest BCUT2D eigenvalue weighted by Crippen LogP contribution is 2.23. The van der Waals surface area contributed by atoms with Gasteiger partial charge in [0.25, 0.3) is 0 Å². The van der Waals surface area contributed by atoms with Crippen LogP contribution >= 0.6 is 23.2 Å². The highest BCUT2D eigenvalue weighted by molar-refractivity contribution is 6.42. The number of halogens is 2. The average molecular weight is 349 g/mol. The minimum Gasteiger partial charge on any atom is -0.485 e. The van der Waals surface area contributed by atoms with Gasteiger partial charge in [0.2, 0.25) is 0 Å². The molecule has 3 rings (SSSR count). The quantitative estimate of drug-likeness (QED) is 0.519. The maximum atomic E-state index is 12.1. The number of fused-ring (bicyclic) bond motifs is 1. The Morgan fingerprint density at radius 2 is 1.78 bits per heavy atom. The van der Waals surface area contributed by atoms with E-state index in [4.69, 9.17) is 32.4 Å². The van der Waals surface area contributed by atoms with E-state index in [0.717, 1.165) is 5.39 Å². The molecule has 0 bridgehead atoms. The van der Waals surface area contributed by atoms with Crippen molar-refractivity contribution >= 4 is 40.0 Å². The minimum absolute atomic E-state index is 0.166. The van der Waals surface area contributed by atoms with Gasteiger partial charge in [-0.05, 0) is 36.4 Å². The fourth-order valence-electron chi connectivity index (χ4n) is 2.03. The second-order valence-electron chi connectivity index (χ2n) is 4.79. The van der Waals surface area contributed by atoms with Gasteiger partial charge >= 0.3 is 5.63 Å². The molecule has 2 aromatic carbocycles. The van der Waals surface area contributed by atoms with Crippen LogP contribution in [0.4, 0.5) is 0 Å². The molecule has 23 heavy (non-hydrogen) atoms.